The van der Waals surface area contributed by atoms with Gasteiger partial charge in [0.1, 0.15) is 0 Å². The molecule has 0 aromatic heterocycles. The Hall–Kier alpha value is -0.0800. The molecule has 3 rings (SSSR count). The second-order valence-corrected chi connectivity index (χ2v) is 7.97. The Balaban J connectivity index is 1.54. The molecule has 1 heterocycles. The Kier molecular flexibility index (Phi) is 4.19. The zero-order valence-electron chi connectivity index (χ0n) is 12.8. The van der Waals surface area contributed by atoms with Crippen molar-refractivity contribution in [3.8, 4) is 0 Å². The van der Waals surface area contributed by atoms with E-state index in [1.807, 2.05) is 0 Å². The molecule has 2 saturated carbocycles. The van der Waals surface area contributed by atoms with Crippen LogP contribution in [0.1, 0.15) is 52.4 Å². The van der Waals surface area contributed by atoms with E-state index in [0.29, 0.717) is 5.41 Å². The van der Waals surface area contributed by atoms with Crippen LogP contribution in [-0.4, -0.2) is 26.3 Å². The molecule has 0 aromatic rings. The number of hydrogen-bond acceptors (Lipinski definition) is 2. The summed E-state index contributed by atoms with van der Waals surface area (Å²) in [4.78, 5) is 0. The first-order chi connectivity index (χ1) is 9.17. The lowest BCUT2D eigenvalue weighted by Crippen LogP contribution is -2.38. The maximum Gasteiger partial charge on any atom is 0.0535 e. The van der Waals surface area contributed by atoms with Crippen LogP contribution in [0.4, 0.5) is 0 Å². The summed E-state index contributed by atoms with van der Waals surface area (Å²) < 4.78 is 5.77. The summed E-state index contributed by atoms with van der Waals surface area (Å²) in [6.07, 6.45) is 8.82. The summed E-state index contributed by atoms with van der Waals surface area (Å²) in [6.45, 7) is 8.91. The van der Waals surface area contributed by atoms with Crippen molar-refractivity contribution in [2.75, 3.05) is 26.3 Å². The quantitative estimate of drug-likeness (QED) is 0.794. The molecule has 110 valence electrons. The summed E-state index contributed by atoms with van der Waals surface area (Å²) in [5.41, 5.74) is 0.462. The molecule has 0 spiro atoms. The highest BCUT2D eigenvalue weighted by atomic mass is 16.5. The van der Waals surface area contributed by atoms with Crippen molar-refractivity contribution < 1.29 is 4.74 Å². The van der Waals surface area contributed by atoms with Crippen LogP contribution in [0.3, 0.4) is 0 Å². The van der Waals surface area contributed by atoms with E-state index in [1.165, 1.54) is 38.6 Å². The van der Waals surface area contributed by atoms with E-state index >= 15 is 0 Å². The average molecular weight is 265 g/mol. The molecule has 2 heteroatoms. The highest BCUT2D eigenvalue weighted by Crippen LogP contribution is 2.52. The molecule has 0 radical (unpaired) electrons. The van der Waals surface area contributed by atoms with Gasteiger partial charge in [0.05, 0.1) is 6.61 Å². The molecule has 4 unspecified atom stereocenters. The third-order valence-corrected chi connectivity index (χ3v) is 5.82. The van der Waals surface area contributed by atoms with Crippen LogP contribution in [-0.2, 0) is 4.74 Å². The third kappa shape index (κ3) is 3.16. The molecular weight excluding hydrogens is 234 g/mol. The Labute approximate surface area is 118 Å². The maximum atomic E-state index is 5.77. The molecular formula is C17H31NO. The Bertz CT molecular complexity index is 296. The van der Waals surface area contributed by atoms with Crippen LogP contribution in [0, 0.1) is 29.1 Å². The number of nitrogens with one attached hydrogen (secondary N) is 1. The molecule has 2 bridgehead atoms. The van der Waals surface area contributed by atoms with Crippen molar-refractivity contribution in [2.24, 2.45) is 29.1 Å². The van der Waals surface area contributed by atoms with Crippen LogP contribution >= 0.6 is 0 Å². The summed E-state index contributed by atoms with van der Waals surface area (Å²) in [7, 11) is 0. The monoisotopic (exact) mass is 265 g/mol. The molecule has 1 N–H and O–H groups in total. The van der Waals surface area contributed by atoms with Crippen molar-refractivity contribution >= 4 is 0 Å². The molecule has 1 saturated heterocycles. The molecule has 2 aliphatic carbocycles. The van der Waals surface area contributed by atoms with Crippen LogP contribution in [0.2, 0.25) is 0 Å². The van der Waals surface area contributed by atoms with E-state index in [0.717, 1.165) is 43.4 Å². The van der Waals surface area contributed by atoms with E-state index in [1.54, 1.807) is 6.42 Å². The fourth-order valence-corrected chi connectivity index (χ4v) is 4.83. The Morgan fingerprint density at radius 2 is 2.16 bits per heavy atom. The summed E-state index contributed by atoms with van der Waals surface area (Å²) in [6, 6.07) is 0. The SMILES string of the molecule is CC(C)CNCC1(CC2CC3CCC2C3)CCOC1. The fourth-order valence-electron chi connectivity index (χ4n) is 4.83. The van der Waals surface area contributed by atoms with Gasteiger partial charge in [-0.2, -0.15) is 0 Å². The van der Waals surface area contributed by atoms with E-state index < -0.39 is 0 Å². The van der Waals surface area contributed by atoms with E-state index in [4.69, 9.17) is 4.74 Å². The predicted molar refractivity (Wildman–Crippen MR) is 79.1 cm³/mol. The van der Waals surface area contributed by atoms with E-state index in [-0.39, 0.29) is 0 Å². The first-order valence-corrected chi connectivity index (χ1v) is 8.45. The van der Waals surface area contributed by atoms with Gasteiger partial charge in [0.25, 0.3) is 0 Å². The lowest BCUT2D eigenvalue weighted by Gasteiger charge is -2.34. The minimum atomic E-state index is 0.462. The molecule has 3 fully saturated rings. The largest absolute Gasteiger partial charge is 0.381 e. The fraction of sp³-hybridized carbons (Fsp3) is 1.00. The van der Waals surface area contributed by atoms with Gasteiger partial charge in [-0.1, -0.05) is 20.3 Å². The van der Waals surface area contributed by atoms with Gasteiger partial charge >= 0.3 is 0 Å². The van der Waals surface area contributed by atoms with Crippen LogP contribution in [0.25, 0.3) is 0 Å². The zero-order chi connectivity index (χ0) is 13.3. The Morgan fingerprint density at radius 1 is 1.26 bits per heavy atom. The molecule has 3 aliphatic rings. The number of hydrogen-bond donors (Lipinski definition) is 1. The first kappa shape index (κ1) is 13.9. The van der Waals surface area contributed by atoms with Crippen molar-refractivity contribution in [3.63, 3.8) is 0 Å². The lowest BCUT2D eigenvalue weighted by molar-refractivity contribution is 0.117. The second-order valence-electron chi connectivity index (χ2n) is 7.97. The lowest BCUT2D eigenvalue weighted by atomic mass is 9.73. The Morgan fingerprint density at radius 3 is 2.74 bits per heavy atom. The molecule has 2 nitrogen and oxygen atoms in total. The molecule has 0 aromatic carbocycles. The molecule has 0 amide bonds. The summed E-state index contributed by atoms with van der Waals surface area (Å²) in [5, 5.41) is 3.71. The summed E-state index contributed by atoms with van der Waals surface area (Å²) in [5.74, 6) is 3.91. The number of rotatable bonds is 6. The van der Waals surface area contributed by atoms with Crippen molar-refractivity contribution in [3.05, 3.63) is 0 Å². The molecule has 19 heavy (non-hydrogen) atoms. The molecule has 1 aliphatic heterocycles. The van der Waals surface area contributed by atoms with Gasteiger partial charge in [-0.25, -0.2) is 0 Å². The zero-order valence-corrected chi connectivity index (χ0v) is 12.8. The standard InChI is InChI=1S/C17H31NO/c1-13(2)10-18-11-17(5-6-19-12-17)9-16-8-14-3-4-15(16)7-14/h13-16,18H,3-12H2,1-2H3. The van der Waals surface area contributed by atoms with Crippen LogP contribution in [0.5, 0.6) is 0 Å². The average Bonchev–Trinajstić information content (AvgIpc) is 3.05. The van der Waals surface area contributed by atoms with Crippen molar-refractivity contribution in [2.45, 2.75) is 52.4 Å². The number of fused-ring (bicyclic) bond motifs is 2. The topological polar surface area (TPSA) is 21.3 Å². The van der Waals surface area contributed by atoms with Gasteiger partial charge in [0, 0.05) is 18.6 Å². The highest BCUT2D eigenvalue weighted by Gasteiger charge is 2.45. The van der Waals surface area contributed by atoms with Gasteiger partial charge < -0.3 is 10.1 Å². The summed E-state index contributed by atoms with van der Waals surface area (Å²) >= 11 is 0. The number of ether oxygens (including phenoxy) is 1. The maximum absolute atomic E-state index is 5.77. The van der Waals surface area contributed by atoms with Gasteiger partial charge in [0.15, 0.2) is 0 Å². The third-order valence-electron chi connectivity index (χ3n) is 5.82. The second kappa shape index (κ2) is 5.73. The first-order valence-electron chi connectivity index (χ1n) is 8.45. The smallest absolute Gasteiger partial charge is 0.0535 e. The normalized spacial score (nSPS) is 41.5. The van der Waals surface area contributed by atoms with E-state index in [2.05, 4.69) is 19.2 Å². The predicted octanol–water partition coefficient (Wildman–Crippen LogP) is 3.47. The van der Waals surface area contributed by atoms with Gasteiger partial charge in [-0.15, -0.1) is 0 Å². The van der Waals surface area contributed by atoms with Gasteiger partial charge in [-0.05, 0) is 62.3 Å². The van der Waals surface area contributed by atoms with Gasteiger partial charge in [-0.3, -0.25) is 0 Å². The highest BCUT2D eigenvalue weighted by molar-refractivity contribution is 4.95. The minimum absolute atomic E-state index is 0.462. The minimum Gasteiger partial charge on any atom is -0.381 e. The molecule has 4 atom stereocenters. The van der Waals surface area contributed by atoms with E-state index in [9.17, 15) is 0 Å². The van der Waals surface area contributed by atoms with Crippen LogP contribution < -0.4 is 5.32 Å². The van der Waals surface area contributed by atoms with Crippen molar-refractivity contribution in [1.82, 2.24) is 5.32 Å². The van der Waals surface area contributed by atoms with Crippen LogP contribution in [0.15, 0.2) is 0 Å². The van der Waals surface area contributed by atoms with Gasteiger partial charge in [0.2, 0.25) is 0 Å². The van der Waals surface area contributed by atoms with Crippen molar-refractivity contribution in [1.29, 1.82) is 0 Å².